The lowest BCUT2D eigenvalue weighted by molar-refractivity contribution is -0.116. The quantitative estimate of drug-likeness (QED) is 0.382. The number of aromatic nitrogens is 2. The summed E-state index contributed by atoms with van der Waals surface area (Å²) in [5, 5.41) is 5.19. The number of benzene rings is 2. The number of ether oxygens (including phenoxy) is 1. The molecule has 3 aromatic heterocycles. The van der Waals surface area contributed by atoms with Gasteiger partial charge >= 0.3 is 0 Å². The van der Waals surface area contributed by atoms with E-state index in [1.54, 1.807) is 28.0 Å². The average Bonchev–Trinajstić information content (AvgIpc) is 3.26. The van der Waals surface area contributed by atoms with Crippen molar-refractivity contribution >= 4 is 54.6 Å². The van der Waals surface area contributed by atoms with Gasteiger partial charge in [0.15, 0.2) is 0 Å². The zero-order valence-corrected chi connectivity index (χ0v) is 21.5. The first-order chi connectivity index (χ1) is 18.0. The van der Waals surface area contributed by atoms with Crippen LogP contribution in [0, 0.1) is 0 Å². The second-order valence-electron chi connectivity index (χ2n) is 9.45. The van der Waals surface area contributed by atoms with Gasteiger partial charge in [-0.25, -0.2) is 4.98 Å². The monoisotopic (exact) mass is 513 g/mol. The summed E-state index contributed by atoms with van der Waals surface area (Å²) in [6.45, 7) is 3.00. The van der Waals surface area contributed by atoms with Crippen molar-refractivity contribution in [1.29, 1.82) is 0 Å². The number of likely N-dealkylation sites (N-methyl/N-ethyl adjacent to an activating group) is 1. The van der Waals surface area contributed by atoms with E-state index in [2.05, 4.69) is 28.4 Å². The highest BCUT2D eigenvalue weighted by atomic mass is 32.1. The fraction of sp³-hybridized carbons (Fsp3) is 0.250. The third kappa shape index (κ3) is 4.46. The third-order valence-electron chi connectivity index (χ3n) is 6.54. The van der Waals surface area contributed by atoms with Crippen molar-refractivity contribution in [3.8, 4) is 11.1 Å². The molecule has 0 spiro atoms. The maximum atomic E-state index is 13.1. The molecule has 5 aromatic rings. The molecular formula is C28H27N5O3S. The van der Waals surface area contributed by atoms with Crippen LogP contribution in [0.2, 0.25) is 0 Å². The van der Waals surface area contributed by atoms with Crippen molar-refractivity contribution in [2.75, 3.05) is 57.2 Å². The van der Waals surface area contributed by atoms with Gasteiger partial charge in [0.05, 0.1) is 19.8 Å². The number of anilines is 2. The van der Waals surface area contributed by atoms with Gasteiger partial charge in [-0.1, -0.05) is 18.2 Å². The summed E-state index contributed by atoms with van der Waals surface area (Å²) in [5.41, 5.74) is 3.25. The molecule has 0 bridgehead atoms. The highest BCUT2D eigenvalue weighted by molar-refractivity contribution is 7.26. The van der Waals surface area contributed by atoms with Crippen LogP contribution in [0.3, 0.4) is 0 Å². The van der Waals surface area contributed by atoms with E-state index in [1.807, 2.05) is 49.3 Å². The number of nitrogens with one attached hydrogen (secondary N) is 1. The fourth-order valence-corrected chi connectivity index (χ4v) is 6.06. The number of morpholine rings is 1. The molecule has 0 radical (unpaired) electrons. The highest BCUT2D eigenvalue weighted by Crippen LogP contribution is 2.41. The first kappa shape index (κ1) is 23.6. The maximum Gasteiger partial charge on any atom is 0.259 e. The number of carbonyl (C=O) groups is 1. The number of nitrogens with zero attached hydrogens (tertiary/aromatic N) is 4. The Bertz CT molecular complexity index is 1700. The molecular weight excluding hydrogens is 486 g/mol. The second kappa shape index (κ2) is 9.59. The molecule has 6 rings (SSSR count). The van der Waals surface area contributed by atoms with E-state index in [-0.39, 0.29) is 11.5 Å². The highest BCUT2D eigenvalue weighted by Gasteiger charge is 2.18. The van der Waals surface area contributed by atoms with Crippen LogP contribution in [0.15, 0.2) is 65.6 Å². The van der Waals surface area contributed by atoms with Gasteiger partial charge < -0.3 is 19.9 Å². The predicted octanol–water partition coefficient (Wildman–Crippen LogP) is 4.07. The molecule has 37 heavy (non-hydrogen) atoms. The Hall–Kier alpha value is -3.79. The van der Waals surface area contributed by atoms with Crippen LogP contribution in [0.25, 0.3) is 36.9 Å². The second-order valence-corrected chi connectivity index (χ2v) is 10.5. The summed E-state index contributed by atoms with van der Waals surface area (Å²) in [4.78, 5) is 34.3. The van der Waals surface area contributed by atoms with Crippen molar-refractivity contribution in [3.05, 3.63) is 71.1 Å². The minimum Gasteiger partial charge on any atom is -0.378 e. The predicted molar refractivity (Wildman–Crippen MR) is 150 cm³/mol. The smallest absolute Gasteiger partial charge is 0.259 e. The molecule has 4 heterocycles. The van der Waals surface area contributed by atoms with Crippen molar-refractivity contribution < 1.29 is 9.53 Å². The van der Waals surface area contributed by atoms with Gasteiger partial charge in [0, 0.05) is 62.3 Å². The molecule has 9 heteroatoms. The van der Waals surface area contributed by atoms with Crippen LogP contribution >= 0.6 is 11.3 Å². The lowest BCUT2D eigenvalue weighted by atomic mass is 10.0. The van der Waals surface area contributed by atoms with Crippen LogP contribution < -0.4 is 15.8 Å². The van der Waals surface area contributed by atoms with Gasteiger partial charge in [-0.05, 0) is 44.4 Å². The summed E-state index contributed by atoms with van der Waals surface area (Å²) in [5.74, 6) is 0.635. The standard InChI is InChI=1S/C28H27N5O3S/c1-31(2)17-25(34)29-18-8-9-23-22(15-18)20-6-3-5-19(27(20)37-23)21-7-4-10-33-26(35)16-24(30-28(21)33)32-11-13-36-14-12-32/h3-10,15-16H,11-14,17H2,1-2H3,(H,29,34). The number of hydrogen-bond donors (Lipinski definition) is 1. The number of amides is 1. The molecule has 8 nitrogen and oxygen atoms in total. The Kier molecular flexibility index (Phi) is 6.11. The van der Waals surface area contributed by atoms with Crippen molar-refractivity contribution in [2.45, 2.75) is 0 Å². The lowest BCUT2D eigenvalue weighted by Crippen LogP contribution is -2.37. The molecule has 188 valence electrons. The van der Waals surface area contributed by atoms with E-state index in [9.17, 15) is 9.59 Å². The van der Waals surface area contributed by atoms with Crippen LogP contribution in [0.1, 0.15) is 0 Å². The van der Waals surface area contributed by atoms with E-state index >= 15 is 0 Å². The molecule has 0 saturated carbocycles. The fourth-order valence-electron chi connectivity index (χ4n) is 4.85. The number of thiophene rings is 1. The van der Waals surface area contributed by atoms with E-state index in [0.29, 0.717) is 44.3 Å². The van der Waals surface area contributed by atoms with E-state index in [1.165, 1.54) is 0 Å². The summed E-state index contributed by atoms with van der Waals surface area (Å²) in [7, 11) is 3.74. The van der Waals surface area contributed by atoms with E-state index in [4.69, 9.17) is 9.72 Å². The number of carbonyl (C=O) groups excluding carboxylic acids is 1. The molecule has 1 amide bonds. The molecule has 0 atom stereocenters. The molecule has 2 aromatic carbocycles. The van der Waals surface area contributed by atoms with Crippen molar-refractivity contribution in [2.24, 2.45) is 0 Å². The first-order valence-electron chi connectivity index (χ1n) is 12.2. The van der Waals surface area contributed by atoms with Gasteiger partial charge in [-0.15, -0.1) is 11.3 Å². The minimum atomic E-state index is -0.102. The largest absolute Gasteiger partial charge is 0.378 e. The number of pyridine rings is 1. The van der Waals surface area contributed by atoms with Gasteiger partial charge in [-0.2, -0.15) is 0 Å². The zero-order chi connectivity index (χ0) is 25.5. The molecule has 1 fully saturated rings. The Morgan fingerprint density at radius 2 is 1.86 bits per heavy atom. The van der Waals surface area contributed by atoms with E-state index < -0.39 is 0 Å². The van der Waals surface area contributed by atoms with E-state index in [0.717, 1.165) is 37.0 Å². The van der Waals surface area contributed by atoms with Crippen molar-refractivity contribution in [1.82, 2.24) is 14.3 Å². The number of hydrogen-bond acceptors (Lipinski definition) is 7. The molecule has 1 N–H and O–H groups in total. The Balaban J connectivity index is 1.48. The Labute approximate surface area is 217 Å². The van der Waals surface area contributed by atoms with Crippen molar-refractivity contribution in [3.63, 3.8) is 0 Å². The SMILES string of the molecule is CN(C)CC(=O)Nc1ccc2sc3c(-c4cccn5c(=O)cc(N6CCOCC6)nc45)cccc3c2c1. The third-order valence-corrected chi connectivity index (χ3v) is 7.76. The van der Waals surface area contributed by atoms with Crippen LogP contribution in [-0.2, 0) is 9.53 Å². The molecule has 1 saturated heterocycles. The van der Waals surface area contributed by atoms with Gasteiger partial charge in [0.1, 0.15) is 11.5 Å². The number of rotatable bonds is 5. The summed E-state index contributed by atoms with van der Waals surface area (Å²) >= 11 is 1.70. The maximum absolute atomic E-state index is 13.1. The Morgan fingerprint density at radius 1 is 1.05 bits per heavy atom. The van der Waals surface area contributed by atoms with Gasteiger partial charge in [-0.3, -0.25) is 14.0 Å². The summed E-state index contributed by atoms with van der Waals surface area (Å²) in [6, 6.07) is 17.8. The molecule has 0 unspecified atom stereocenters. The lowest BCUT2D eigenvalue weighted by Gasteiger charge is -2.27. The summed E-state index contributed by atoms with van der Waals surface area (Å²) < 4.78 is 9.34. The van der Waals surface area contributed by atoms with Gasteiger partial charge in [0.25, 0.3) is 5.56 Å². The van der Waals surface area contributed by atoms with Gasteiger partial charge in [0.2, 0.25) is 5.91 Å². The van der Waals surface area contributed by atoms with Crippen LogP contribution in [0.4, 0.5) is 11.5 Å². The molecule has 1 aliphatic heterocycles. The van der Waals surface area contributed by atoms with Crippen LogP contribution in [-0.4, -0.2) is 67.1 Å². The molecule has 0 aliphatic carbocycles. The topological polar surface area (TPSA) is 79.2 Å². The normalized spacial score (nSPS) is 14.2. The number of fused-ring (bicyclic) bond motifs is 4. The average molecular weight is 514 g/mol. The van der Waals surface area contributed by atoms with Crippen LogP contribution in [0.5, 0.6) is 0 Å². The zero-order valence-electron chi connectivity index (χ0n) is 20.7. The first-order valence-corrected chi connectivity index (χ1v) is 13.0. The Morgan fingerprint density at radius 3 is 2.68 bits per heavy atom. The minimum absolute atomic E-state index is 0.0482. The summed E-state index contributed by atoms with van der Waals surface area (Å²) in [6.07, 6.45) is 1.77. The molecule has 1 aliphatic rings.